The summed E-state index contributed by atoms with van der Waals surface area (Å²) in [6.07, 6.45) is 0. The first kappa shape index (κ1) is 12.6. The lowest BCUT2D eigenvalue weighted by atomic mass is 9.90. The lowest BCUT2D eigenvalue weighted by molar-refractivity contribution is 1.55. The predicted molar refractivity (Wildman–Crippen MR) is 102 cm³/mol. The summed E-state index contributed by atoms with van der Waals surface area (Å²) in [6.45, 7) is 4.55. The van der Waals surface area contributed by atoms with E-state index in [1.54, 1.807) is 0 Å². The molecule has 2 aromatic heterocycles. The lowest BCUT2D eigenvalue weighted by Gasteiger charge is -2.14. The van der Waals surface area contributed by atoms with Crippen molar-refractivity contribution < 1.29 is 0 Å². The molecule has 106 valence electrons. The van der Waals surface area contributed by atoms with Crippen LogP contribution in [0.15, 0.2) is 47.2 Å². The average Bonchev–Trinajstić information content (AvgIpc) is 3.18. The van der Waals surface area contributed by atoms with Crippen LogP contribution in [0.5, 0.6) is 0 Å². The summed E-state index contributed by atoms with van der Waals surface area (Å²) in [6, 6.07) is 13.7. The fourth-order valence-corrected chi connectivity index (χ4v) is 5.38. The molecule has 22 heavy (non-hydrogen) atoms. The number of fused-ring (bicyclic) bond motifs is 6. The average molecular weight is 318 g/mol. The first-order chi connectivity index (χ1) is 10.8. The van der Waals surface area contributed by atoms with Gasteiger partial charge in [-0.2, -0.15) is 0 Å². The van der Waals surface area contributed by atoms with E-state index in [0.29, 0.717) is 0 Å². The van der Waals surface area contributed by atoms with E-state index >= 15 is 0 Å². The molecule has 5 rings (SSSR count). The fraction of sp³-hybridized carbons (Fsp3) is 0.100. The van der Waals surface area contributed by atoms with E-state index in [1.807, 2.05) is 22.7 Å². The van der Waals surface area contributed by atoms with Crippen LogP contribution in [0.1, 0.15) is 11.1 Å². The number of benzene rings is 3. The molecule has 0 amide bonds. The van der Waals surface area contributed by atoms with E-state index in [1.165, 1.54) is 52.8 Å². The zero-order valence-electron chi connectivity index (χ0n) is 12.4. The zero-order chi connectivity index (χ0) is 14.8. The van der Waals surface area contributed by atoms with E-state index < -0.39 is 0 Å². The van der Waals surface area contributed by atoms with Gasteiger partial charge in [-0.1, -0.05) is 12.1 Å². The number of hydrogen-bond acceptors (Lipinski definition) is 2. The Balaban J connectivity index is 2.17. The summed E-state index contributed by atoms with van der Waals surface area (Å²) in [5.74, 6) is 0. The first-order valence-electron chi connectivity index (χ1n) is 7.45. The molecule has 0 unspecified atom stereocenters. The quantitative estimate of drug-likeness (QED) is 0.269. The predicted octanol–water partition coefficient (Wildman–Crippen LogP) is 7.04. The molecule has 0 saturated heterocycles. The van der Waals surface area contributed by atoms with Gasteiger partial charge < -0.3 is 0 Å². The maximum absolute atomic E-state index is 2.31. The Morgan fingerprint density at radius 2 is 1.00 bits per heavy atom. The molecule has 0 radical (unpaired) electrons. The highest BCUT2D eigenvalue weighted by atomic mass is 32.1. The van der Waals surface area contributed by atoms with Gasteiger partial charge >= 0.3 is 0 Å². The molecule has 0 atom stereocenters. The summed E-state index contributed by atoms with van der Waals surface area (Å²) >= 11 is 3.66. The van der Waals surface area contributed by atoms with Crippen molar-refractivity contribution in [1.29, 1.82) is 0 Å². The van der Waals surface area contributed by atoms with E-state index in [4.69, 9.17) is 0 Å². The molecule has 0 aliphatic heterocycles. The third-order valence-corrected chi connectivity index (χ3v) is 6.59. The third-order valence-electron chi connectivity index (χ3n) is 4.83. The van der Waals surface area contributed by atoms with Crippen molar-refractivity contribution in [3.63, 3.8) is 0 Å². The van der Waals surface area contributed by atoms with Gasteiger partial charge in [0.25, 0.3) is 0 Å². The second-order valence-electron chi connectivity index (χ2n) is 5.89. The molecule has 2 heteroatoms. The minimum atomic E-state index is 1.38. The first-order valence-corrected chi connectivity index (χ1v) is 9.20. The van der Waals surface area contributed by atoms with Crippen molar-refractivity contribution in [2.45, 2.75) is 13.8 Å². The molecule has 5 aromatic rings. The largest absolute Gasteiger partial charge is 0.144 e. The molecule has 0 N–H and O–H groups in total. The Labute approximate surface area is 136 Å². The van der Waals surface area contributed by atoms with Gasteiger partial charge in [-0.05, 0) is 81.5 Å². The molecule has 3 aromatic carbocycles. The zero-order valence-corrected chi connectivity index (χ0v) is 14.1. The molecule has 0 fully saturated rings. The minimum Gasteiger partial charge on any atom is -0.144 e. The number of thiophene rings is 2. The van der Waals surface area contributed by atoms with Crippen molar-refractivity contribution in [2.75, 3.05) is 0 Å². The number of aryl methyl sites for hydroxylation is 2. The van der Waals surface area contributed by atoms with Crippen LogP contribution in [0.25, 0.3) is 41.7 Å². The Bertz CT molecular complexity index is 1090. The molecule has 0 spiro atoms. The topological polar surface area (TPSA) is 0 Å². The number of hydrogen-bond donors (Lipinski definition) is 0. The van der Waals surface area contributed by atoms with Crippen LogP contribution in [0.3, 0.4) is 0 Å². The lowest BCUT2D eigenvalue weighted by Crippen LogP contribution is -1.89. The standard InChI is InChI=1S/C20H14S2/c1-11-13-3-5-18-16(8-10-22-18)20(13)12(2)14-4-6-17-15(19(11)14)7-9-21-17/h3-10H,1-2H3. The molecule has 0 aliphatic carbocycles. The second kappa shape index (κ2) is 4.31. The van der Waals surface area contributed by atoms with E-state index in [0.717, 1.165) is 0 Å². The molecule has 0 aliphatic rings. The minimum absolute atomic E-state index is 1.38. The molecular weight excluding hydrogens is 304 g/mol. The van der Waals surface area contributed by atoms with Crippen molar-refractivity contribution >= 4 is 64.4 Å². The van der Waals surface area contributed by atoms with Crippen molar-refractivity contribution in [1.82, 2.24) is 0 Å². The second-order valence-corrected chi connectivity index (χ2v) is 7.79. The van der Waals surface area contributed by atoms with Gasteiger partial charge in [0.1, 0.15) is 0 Å². The van der Waals surface area contributed by atoms with Gasteiger partial charge in [0, 0.05) is 20.2 Å². The van der Waals surface area contributed by atoms with Gasteiger partial charge in [0.2, 0.25) is 0 Å². The highest BCUT2D eigenvalue weighted by molar-refractivity contribution is 7.17. The van der Waals surface area contributed by atoms with Gasteiger partial charge in [-0.25, -0.2) is 0 Å². The van der Waals surface area contributed by atoms with Crippen LogP contribution in [0, 0.1) is 13.8 Å². The van der Waals surface area contributed by atoms with E-state index in [-0.39, 0.29) is 0 Å². The normalized spacial score (nSPS) is 12.1. The van der Waals surface area contributed by atoms with Crippen LogP contribution in [-0.4, -0.2) is 0 Å². The highest BCUT2D eigenvalue weighted by Crippen LogP contribution is 2.41. The van der Waals surface area contributed by atoms with Crippen LogP contribution in [0.4, 0.5) is 0 Å². The van der Waals surface area contributed by atoms with Gasteiger partial charge in [0.05, 0.1) is 0 Å². The summed E-state index contributed by atoms with van der Waals surface area (Å²) in [4.78, 5) is 0. The van der Waals surface area contributed by atoms with E-state index in [2.05, 4.69) is 61.0 Å². The molecular formula is C20H14S2. The maximum Gasteiger partial charge on any atom is 0.0349 e. The van der Waals surface area contributed by atoms with Crippen molar-refractivity contribution in [3.05, 3.63) is 58.3 Å². The summed E-state index contributed by atoms with van der Waals surface area (Å²) in [5.41, 5.74) is 2.82. The Kier molecular flexibility index (Phi) is 2.47. The van der Waals surface area contributed by atoms with Crippen LogP contribution < -0.4 is 0 Å². The van der Waals surface area contributed by atoms with Gasteiger partial charge in [-0.3, -0.25) is 0 Å². The smallest absolute Gasteiger partial charge is 0.0349 e. The van der Waals surface area contributed by atoms with E-state index in [9.17, 15) is 0 Å². The Hall–Kier alpha value is -1.90. The molecule has 0 bridgehead atoms. The monoisotopic (exact) mass is 318 g/mol. The molecule has 2 heterocycles. The van der Waals surface area contributed by atoms with Crippen molar-refractivity contribution in [3.8, 4) is 0 Å². The molecule has 0 saturated carbocycles. The van der Waals surface area contributed by atoms with Gasteiger partial charge in [-0.15, -0.1) is 22.7 Å². The maximum atomic E-state index is 2.31. The highest BCUT2D eigenvalue weighted by Gasteiger charge is 2.14. The Morgan fingerprint density at radius 1 is 0.545 bits per heavy atom. The number of rotatable bonds is 0. The summed E-state index contributed by atoms with van der Waals surface area (Å²) < 4.78 is 2.76. The summed E-state index contributed by atoms with van der Waals surface area (Å²) in [7, 11) is 0. The fourth-order valence-electron chi connectivity index (χ4n) is 3.79. The van der Waals surface area contributed by atoms with Gasteiger partial charge in [0.15, 0.2) is 0 Å². The van der Waals surface area contributed by atoms with Crippen molar-refractivity contribution in [2.24, 2.45) is 0 Å². The molecule has 0 nitrogen and oxygen atoms in total. The Morgan fingerprint density at radius 3 is 1.45 bits per heavy atom. The summed E-state index contributed by atoms with van der Waals surface area (Å²) in [5, 5.41) is 12.8. The van der Waals surface area contributed by atoms with Crippen LogP contribution in [-0.2, 0) is 0 Å². The SMILES string of the molecule is Cc1c2ccc3sccc3c2c(C)c2ccc3sccc3c12. The van der Waals surface area contributed by atoms with Crippen LogP contribution in [0.2, 0.25) is 0 Å². The van der Waals surface area contributed by atoms with Crippen LogP contribution >= 0.6 is 22.7 Å². The third kappa shape index (κ3) is 1.47.